The fourth-order valence-corrected chi connectivity index (χ4v) is 2.75. The third kappa shape index (κ3) is 3.80. The maximum absolute atomic E-state index is 11.1. The van der Waals surface area contributed by atoms with E-state index in [0.717, 1.165) is 25.7 Å². The Labute approximate surface area is 124 Å². The molecule has 0 spiro atoms. The minimum atomic E-state index is -0.491. The highest BCUT2D eigenvalue weighted by Gasteiger charge is 2.29. The average molecular weight is 294 g/mol. The molecule has 1 fully saturated rings. The fourth-order valence-electron chi connectivity index (χ4n) is 2.75. The van der Waals surface area contributed by atoms with Crippen molar-refractivity contribution in [2.75, 3.05) is 11.9 Å². The molecule has 1 aliphatic rings. The molecule has 2 unspecified atom stereocenters. The minimum absolute atomic E-state index is 0.00632. The van der Waals surface area contributed by atoms with Gasteiger partial charge >= 0.3 is 5.69 Å². The normalized spacial score (nSPS) is 21.8. The van der Waals surface area contributed by atoms with E-state index in [-0.39, 0.29) is 17.7 Å². The Morgan fingerprint density at radius 2 is 2.19 bits per heavy atom. The Balaban J connectivity index is 2.23. The first-order valence-corrected chi connectivity index (χ1v) is 7.57. The largest absolute Gasteiger partial charge is 0.469 e. The van der Waals surface area contributed by atoms with E-state index < -0.39 is 4.92 Å². The number of hydrogen-bond acceptors (Lipinski definition) is 6. The molecule has 0 aromatic carbocycles. The standard InChI is InChI=1S/C14H22N4O3/c1-3-10-7-5-6-8-12(10)21-13-11(18(19)20)9-16-14(17-13)15-4-2/h9-10,12H,3-8H2,1-2H3,(H,15,16,17). The van der Waals surface area contributed by atoms with Crippen LogP contribution in [0.1, 0.15) is 46.0 Å². The SMILES string of the molecule is CCNc1ncc([N+](=O)[O-])c(OC2CCCCC2CC)n1. The maximum Gasteiger partial charge on any atom is 0.349 e. The topological polar surface area (TPSA) is 90.2 Å². The lowest BCUT2D eigenvalue weighted by atomic mass is 9.85. The third-order valence-corrected chi connectivity index (χ3v) is 3.89. The second-order valence-corrected chi connectivity index (χ2v) is 5.28. The van der Waals surface area contributed by atoms with Crippen molar-refractivity contribution < 1.29 is 9.66 Å². The first-order chi connectivity index (χ1) is 10.2. The third-order valence-electron chi connectivity index (χ3n) is 3.89. The van der Waals surface area contributed by atoms with Crippen molar-refractivity contribution in [1.82, 2.24) is 9.97 Å². The highest BCUT2D eigenvalue weighted by atomic mass is 16.6. The molecule has 0 bridgehead atoms. The zero-order valence-electron chi connectivity index (χ0n) is 12.5. The van der Waals surface area contributed by atoms with E-state index in [1.54, 1.807) is 0 Å². The van der Waals surface area contributed by atoms with Crippen LogP contribution < -0.4 is 10.1 Å². The van der Waals surface area contributed by atoms with Crippen LogP contribution in [0.15, 0.2) is 6.20 Å². The summed E-state index contributed by atoms with van der Waals surface area (Å²) in [7, 11) is 0. The van der Waals surface area contributed by atoms with Crippen LogP contribution in [-0.2, 0) is 0 Å². The molecule has 0 radical (unpaired) electrons. The molecule has 1 N–H and O–H groups in total. The maximum atomic E-state index is 11.1. The Kier molecular flexibility index (Phi) is 5.30. The summed E-state index contributed by atoms with van der Waals surface area (Å²) in [4.78, 5) is 18.7. The molecule has 0 aliphatic heterocycles. The van der Waals surface area contributed by atoms with Crippen molar-refractivity contribution in [3.63, 3.8) is 0 Å². The van der Waals surface area contributed by atoms with Gasteiger partial charge in [0.15, 0.2) is 0 Å². The van der Waals surface area contributed by atoms with Gasteiger partial charge in [0, 0.05) is 6.54 Å². The highest BCUT2D eigenvalue weighted by Crippen LogP contribution is 2.33. The number of nitrogens with zero attached hydrogens (tertiary/aromatic N) is 3. The van der Waals surface area contributed by atoms with Gasteiger partial charge in [0.05, 0.1) is 4.92 Å². The highest BCUT2D eigenvalue weighted by molar-refractivity contribution is 5.43. The molecule has 7 nitrogen and oxygen atoms in total. The smallest absolute Gasteiger partial charge is 0.349 e. The van der Waals surface area contributed by atoms with Gasteiger partial charge in [-0.25, -0.2) is 4.98 Å². The molecule has 21 heavy (non-hydrogen) atoms. The lowest BCUT2D eigenvalue weighted by Gasteiger charge is -2.30. The second-order valence-electron chi connectivity index (χ2n) is 5.28. The van der Waals surface area contributed by atoms with Crippen LogP contribution in [0.2, 0.25) is 0 Å². The second kappa shape index (κ2) is 7.19. The molecule has 1 aromatic heterocycles. The van der Waals surface area contributed by atoms with Crippen molar-refractivity contribution in [3.8, 4) is 5.88 Å². The molecular weight excluding hydrogens is 272 g/mol. The Morgan fingerprint density at radius 3 is 2.86 bits per heavy atom. The lowest BCUT2D eigenvalue weighted by molar-refractivity contribution is -0.386. The van der Waals surface area contributed by atoms with Gasteiger partial charge in [-0.1, -0.05) is 13.3 Å². The Hall–Kier alpha value is -1.92. The van der Waals surface area contributed by atoms with E-state index >= 15 is 0 Å². The van der Waals surface area contributed by atoms with E-state index in [1.807, 2.05) is 6.92 Å². The van der Waals surface area contributed by atoms with Crippen molar-refractivity contribution in [1.29, 1.82) is 0 Å². The summed E-state index contributed by atoms with van der Waals surface area (Å²) in [5.41, 5.74) is -0.169. The van der Waals surface area contributed by atoms with Crippen LogP contribution in [-0.4, -0.2) is 27.5 Å². The van der Waals surface area contributed by atoms with Crippen LogP contribution in [0, 0.1) is 16.0 Å². The van der Waals surface area contributed by atoms with Crippen molar-refractivity contribution in [2.45, 2.75) is 52.1 Å². The first-order valence-electron chi connectivity index (χ1n) is 7.57. The molecule has 1 aliphatic carbocycles. The molecule has 7 heteroatoms. The van der Waals surface area contributed by atoms with Crippen molar-refractivity contribution in [2.24, 2.45) is 5.92 Å². The quantitative estimate of drug-likeness (QED) is 0.640. The number of rotatable bonds is 6. The molecule has 2 rings (SSSR count). The van der Waals surface area contributed by atoms with Crippen LogP contribution >= 0.6 is 0 Å². The van der Waals surface area contributed by atoms with E-state index in [0.29, 0.717) is 18.4 Å². The molecule has 2 atom stereocenters. The Morgan fingerprint density at radius 1 is 1.43 bits per heavy atom. The van der Waals surface area contributed by atoms with Gasteiger partial charge in [0.1, 0.15) is 12.3 Å². The monoisotopic (exact) mass is 294 g/mol. The number of ether oxygens (including phenoxy) is 1. The summed E-state index contributed by atoms with van der Waals surface area (Å²) < 4.78 is 5.91. The predicted octanol–water partition coefficient (Wildman–Crippen LogP) is 3.16. The Bertz CT molecular complexity index is 495. The van der Waals surface area contributed by atoms with Gasteiger partial charge in [-0.15, -0.1) is 0 Å². The first kappa shape index (κ1) is 15.5. The summed E-state index contributed by atoms with van der Waals surface area (Å²) in [5, 5.41) is 14.1. The summed E-state index contributed by atoms with van der Waals surface area (Å²) in [6.07, 6.45) is 6.57. The van der Waals surface area contributed by atoms with Gasteiger partial charge < -0.3 is 10.1 Å². The molecule has 1 heterocycles. The number of nitro groups is 1. The van der Waals surface area contributed by atoms with Crippen LogP contribution in [0.25, 0.3) is 0 Å². The summed E-state index contributed by atoms with van der Waals surface area (Å²) in [5.74, 6) is 0.883. The zero-order chi connectivity index (χ0) is 15.2. The minimum Gasteiger partial charge on any atom is -0.469 e. The molecule has 0 saturated heterocycles. The zero-order valence-corrected chi connectivity index (χ0v) is 12.5. The lowest BCUT2D eigenvalue weighted by Crippen LogP contribution is -2.30. The summed E-state index contributed by atoms with van der Waals surface area (Å²) >= 11 is 0. The van der Waals surface area contributed by atoms with Gasteiger partial charge in [-0.3, -0.25) is 10.1 Å². The molecule has 1 saturated carbocycles. The van der Waals surface area contributed by atoms with E-state index in [9.17, 15) is 10.1 Å². The van der Waals surface area contributed by atoms with E-state index in [1.165, 1.54) is 12.6 Å². The molecule has 116 valence electrons. The van der Waals surface area contributed by atoms with E-state index in [4.69, 9.17) is 4.74 Å². The molecular formula is C14H22N4O3. The average Bonchev–Trinajstić information content (AvgIpc) is 2.48. The summed E-state index contributed by atoms with van der Waals surface area (Å²) in [6, 6.07) is 0. The van der Waals surface area contributed by atoms with Gasteiger partial charge in [-0.05, 0) is 38.5 Å². The van der Waals surface area contributed by atoms with Crippen LogP contribution in [0.5, 0.6) is 5.88 Å². The van der Waals surface area contributed by atoms with Gasteiger partial charge in [0.2, 0.25) is 5.95 Å². The van der Waals surface area contributed by atoms with Crippen molar-refractivity contribution in [3.05, 3.63) is 16.3 Å². The van der Waals surface area contributed by atoms with Crippen molar-refractivity contribution >= 4 is 11.6 Å². The summed E-state index contributed by atoms with van der Waals surface area (Å²) in [6.45, 7) is 4.70. The molecule has 0 amide bonds. The molecule has 1 aromatic rings. The van der Waals surface area contributed by atoms with Crippen LogP contribution in [0.3, 0.4) is 0 Å². The van der Waals surface area contributed by atoms with Gasteiger partial charge in [0.25, 0.3) is 5.88 Å². The van der Waals surface area contributed by atoms with E-state index in [2.05, 4.69) is 22.2 Å². The van der Waals surface area contributed by atoms with Gasteiger partial charge in [-0.2, -0.15) is 4.98 Å². The van der Waals surface area contributed by atoms with Crippen LogP contribution in [0.4, 0.5) is 11.6 Å². The fraction of sp³-hybridized carbons (Fsp3) is 0.714. The number of nitrogens with one attached hydrogen (secondary N) is 1. The predicted molar refractivity (Wildman–Crippen MR) is 79.5 cm³/mol. The number of aromatic nitrogens is 2. The number of hydrogen-bond donors (Lipinski definition) is 1. The number of anilines is 1.